The number of nitrogens with one attached hydrogen (secondary N) is 1. The summed E-state index contributed by atoms with van der Waals surface area (Å²) in [6.45, 7) is 7.77. The summed E-state index contributed by atoms with van der Waals surface area (Å²) in [4.78, 5) is 17.0. The summed E-state index contributed by atoms with van der Waals surface area (Å²) in [6.07, 6.45) is 0. The summed E-state index contributed by atoms with van der Waals surface area (Å²) in [5, 5.41) is 3.58. The molecule has 1 fully saturated rings. The Hall–Kier alpha value is -2.08. The van der Waals surface area contributed by atoms with Gasteiger partial charge in [-0.15, -0.1) is 0 Å². The summed E-state index contributed by atoms with van der Waals surface area (Å²) in [5.74, 6) is 0.535. The van der Waals surface area contributed by atoms with Gasteiger partial charge >= 0.3 is 0 Å². The zero-order chi connectivity index (χ0) is 19.9. The van der Waals surface area contributed by atoms with Crippen molar-refractivity contribution in [2.45, 2.75) is 20.0 Å². The molecule has 1 N–H and O–H groups in total. The van der Waals surface area contributed by atoms with Crippen LogP contribution in [0.1, 0.15) is 16.7 Å². The zero-order valence-corrected chi connectivity index (χ0v) is 17.3. The quantitative estimate of drug-likeness (QED) is 0.774. The molecule has 5 nitrogen and oxygen atoms in total. The van der Waals surface area contributed by atoms with Crippen molar-refractivity contribution in [1.82, 2.24) is 15.1 Å². The van der Waals surface area contributed by atoms with Crippen LogP contribution in [0.15, 0.2) is 42.5 Å². The molecule has 0 aliphatic carbocycles. The van der Waals surface area contributed by atoms with Crippen LogP contribution in [0, 0.1) is 6.92 Å². The van der Waals surface area contributed by atoms with Gasteiger partial charge in [0, 0.05) is 44.3 Å². The lowest BCUT2D eigenvalue weighted by Gasteiger charge is -2.32. The molecule has 0 atom stereocenters. The Balaban J connectivity index is 1.45. The molecule has 0 bridgehead atoms. The van der Waals surface area contributed by atoms with Gasteiger partial charge in [-0.05, 0) is 48.9 Å². The van der Waals surface area contributed by atoms with Crippen LogP contribution in [0.25, 0.3) is 0 Å². The number of aryl methyl sites for hydroxylation is 1. The number of amides is 1. The first kappa shape index (κ1) is 20.6. The molecule has 0 radical (unpaired) electrons. The maximum atomic E-state index is 12.1. The second kappa shape index (κ2) is 9.92. The highest BCUT2D eigenvalue weighted by atomic mass is 35.5. The molecule has 28 heavy (non-hydrogen) atoms. The highest BCUT2D eigenvalue weighted by Gasteiger charge is 2.14. The first-order valence-electron chi connectivity index (χ1n) is 9.64. The van der Waals surface area contributed by atoms with Gasteiger partial charge in [-0.1, -0.05) is 35.9 Å². The highest BCUT2D eigenvalue weighted by molar-refractivity contribution is 6.30. The number of nitrogens with zero attached hydrogens (tertiary/aromatic N) is 2. The number of halogens is 1. The van der Waals surface area contributed by atoms with E-state index in [2.05, 4.69) is 40.4 Å². The van der Waals surface area contributed by atoms with E-state index in [1.807, 2.05) is 19.1 Å². The summed E-state index contributed by atoms with van der Waals surface area (Å²) in [6, 6.07) is 13.8. The van der Waals surface area contributed by atoms with E-state index in [0.717, 1.165) is 43.9 Å². The summed E-state index contributed by atoms with van der Waals surface area (Å²) < 4.78 is 5.59. The molecular formula is C22H28ClN3O2. The summed E-state index contributed by atoms with van der Waals surface area (Å²) in [7, 11) is 2.17. The van der Waals surface area contributed by atoms with Gasteiger partial charge in [0.1, 0.15) is 5.75 Å². The third-order valence-electron chi connectivity index (χ3n) is 4.98. The minimum atomic E-state index is -0.140. The largest absolute Gasteiger partial charge is 0.484 e. The minimum Gasteiger partial charge on any atom is -0.484 e. The van der Waals surface area contributed by atoms with Crippen LogP contribution in [0.5, 0.6) is 5.75 Å². The van der Waals surface area contributed by atoms with E-state index in [0.29, 0.717) is 17.3 Å². The van der Waals surface area contributed by atoms with E-state index in [1.165, 1.54) is 5.56 Å². The van der Waals surface area contributed by atoms with E-state index in [-0.39, 0.29) is 12.5 Å². The summed E-state index contributed by atoms with van der Waals surface area (Å²) in [5.41, 5.74) is 3.30. The highest BCUT2D eigenvalue weighted by Crippen LogP contribution is 2.21. The molecule has 1 aliphatic rings. The molecule has 0 spiro atoms. The monoisotopic (exact) mass is 401 g/mol. The van der Waals surface area contributed by atoms with E-state index in [1.54, 1.807) is 12.1 Å². The van der Waals surface area contributed by atoms with Crippen LogP contribution in [0.3, 0.4) is 0 Å². The molecule has 1 heterocycles. The molecule has 6 heteroatoms. The standard InChI is InChI=1S/C22H28ClN3O2/c1-17-12-20(23)6-7-21(17)28-16-22(27)24-14-18-4-3-5-19(13-18)15-26-10-8-25(2)9-11-26/h3-7,12-13H,8-11,14-16H2,1-2H3,(H,24,27). The van der Waals surface area contributed by atoms with Gasteiger partial charge in [0.05, 0.1) is 0 Å². The topological polar surface area (TPSA) is 44.8 Å². The Morgan fingerprint density at radius 1 is 1.11 bits per heavy atom. The maximum Gasteiger partial charge on any atom is 0.258 e. The van der Waals surface area contributed by atoms with Crippen LogP contribution < -0.4 is 10.1 Å². The number of carbonyl (C=O) groups is 1. The summed E-state index contributed by atoms with van der Waals surface area (Å²) >= 11 is 5.94. The number of carbonyl (C=O) groups excluding carboxylic acids is 1. The molecule has 1 amide bonds. The molecule has 2 aromatic carbocycles. The van der Waals surface area contributed by atoms with Crippen LogP contribution in [0.2, 0.25) is 5.02 Å². The zero-order valence-electron chi connectivity index (χ0n) is 16.6. The molecule has 0 unspecified atom stereocenters. The van der Waals surface area contributed by atoms with Gasteiger partial charge < -0.3 is 15.0 Å². The molecule has 150 valence electrons. The second-order valence-electron chi connectivity index (χ2n) is 7.37. The van der Waals surface area contributed by atoms with Crippen molar-refractivity contribution in [3.05, 3.63) is 64.2 Å². The molecule has 0 saturated carbocycles. The van der Waals surface area contributed by atoms with Crippen LogP contribution in [0.4, 0.5) is 0 Å². The lowest BCUT2D eigenvalue weighted by Crippen LogP contribution is -2.43. The molecular weight excluding hydrogens is 374 g/mol. The number of rotatable bonds is 7. The number of likely N-dealkylation sites (N-methyl/N-ethyl adjacent to an activating group) is 1. The predicted octanol–water partition coefficient (Wildman–Crippen LogP) is 3.09. The Kier molecular flexibility index (Phi) is 7.31. The molecule has 0 aromatic heterocycles. The average molecular weight is 402 g/mol. The van der Waals surface area contributed by atoms with Crippen molar-refractivity contribution >= 4 is 17.5 Å². The van der Waals surface area contributed by atoms with Gasteiger partial charge in [0.2, 0.25) is 0 Å². The number of hydrogen-bond donors (Lipinski definition) is 1. The first-order chi connectivity index (χ1) is 13.5. The number of ether oxygens (including phenoxy) is 1. The molecule has 1 saturated heterocycles. The van der Waals surface area contributed by atoms with Crippen LogP contribution in [-0.2, 0) is 17.9 Å². The van der Waals surface area contributed by atoms with E-state index in [4.69, 9.17) is 16.3 Å². The smallest absolute Gasteiger partial charge is 0.258 e. The number of benzene rings is 2. The first-order valence-corrected chi connectivity index (χ1v) is 10.0. The van der Waals surface area contributed by atoms with E-state index < -0.39 is 0 Å². The van der Waals surface area contributed by atoms with E-state index >= 15 is 0 Å². The van der Waals surface area contributed by atoms with Crippen molar-refractivity contribution in [2.24, 2.45) is 0 Å². The molecule has 2 aromatic rings. The fourth-order valence-corrected chi connectivity index (χ4v) is 3.50. The fourth-order valence-electron chi connectivity index (χ4n) is 3.27. The second-order valence-corrected chi connectivity index (χ2v) is 7.81. The third-order valence-corrected chi connectivity index (χ3v) is 5.21. The van der Waals surface area contributed by atoms with Crippen molar-refractivity contribution in [2.75, 3.05) is 39.8 Å². The van der Waals surface area contributed by atoms with E-state index in [9.17, 15) is 4.79 Å². The van der Waals surface area contributed by atoms with Gasteiger partial charge in [0.15, 0.2) is 6.61 Å². The van der Waals surface area contributed by atoms with Gasteiger partial charge in [-0.2, -0.15) is 0 Å². The van der Waals surface area contributed by atoms with Crippen molar-refractivity contribution in [1.29, 1.82) is 0 Å². The predicted molar refractivity (Wildman–Crippen MR) is 113 cm³/mol. The Morgan fingerprint density at radius 2 is 1.86 bits per heavy atom. The van der Waals surface area contributed by atoms with Crippen molar-refractivity contribution < 1.29 is 9.53 Å². The van der Waals surface area contributed by atoms with Crippen molar-refractivity contribution in [3.63, 3.8) is 0 Å². The molecule has 1 aliphatic heterocycles. The normalized spacial score (nSPS) is 15.4. The van der Waals surface area contributed by atoms with Crippen LogP contribution >= 0.6 is 11.6 Å². The molecule has 3 rings (SSSR count). The van der Waals surface area contributed by atoms with Crippen LogP contribution in [-0.4, -0.2) is 55.5 Å². The third kappa shape index (κ3) is 6.23. The number of piperazine rings is 1. The lowest BCUT2D eigenvalue weighted by atomic mass is 10.1. The lowest BCUT2D eigenvalue weighted by molar-refractivity contribution is -0.123. The number of hydrogen-bond acceptors (Lipinski definition) is 4. The van der Waals surface area contributed by atoms with Gasteiger partial charge in [-0.3, -0.25) is 9.69 Å². The minimum absolute atomic E-state index is 0.0105. The Morgan fingerprint density at radius 3 is 2.61 bits per heavy atom. The maximum absolute atomic E-state index is 12.1. The van der Waals surface area contributed by atoms with Gasteiger partial charge in [-0.25, -0.2) is 0 Å². The van der Waals surface area contributed by atoms with Gasteiger partial charge in [0.25, 0.3) is 5.91 Å². The fraction of sp³-hybridized carbons (Fsp3) is 0.409. The van der Waals surface area contributed by atoms with Crippen molar-refractivity contribution in [3.8, 4) is 5.75 Å². The Bertz CT molecular complexity index is 804. The SMILES string of the molecule is Cc1cc(Cl)ccc1OCC(=O)NCc1cccc(CN2CCN(C)CC2)c1. The Labute approximate surface area is 172 Å². The average Bonchev–Trinajstić information content (AvgIpc) is 2.68.